The Morgan fingerprint density at radius 2 is 1.29 bits per heavy atom. The molecular formula is C16H27F3N4O5. The average molecular weight is 412 g/mol. The van der Waals surface area contributed by atoms with E-state index in [2.05, 4.69) is 15.6 Å². The SMILES string of the molecule is CC(C)(C)OC(=O)NC(=NCCCNC(=O)C(F)(F)F)NC(=O)OC(C)(C)C. The van der Waals surface area contributed by atoms with Crippen LogP contribution in [0.15, 0.2) is 4.99 Å². The summed E-state index contributed by atoms with van der Waals surface area (Å²) in [4.78, 5) is 38.3. The second-order valence-electron chi connectivity index (χ2n) is 7.59. The predicted molar refractivity (Wildman–Crippen MR) is 94.7 cm³/mol. The van der Waals surface area contributed by atoms with E-state index in [0.29, 0.717) is 0 Å². The van der Waals surface area contributed by atoms with Gasteiger partial charge in [-0.3, -0.25) is 20.4 Å². The van der Waals surface area contributed by atoms with E-state index in [-0.39, 0.29) is 25.5 Å². The maximum absolute atomic E-state index is 12.1. The molecule has 0 aromatic rings. The number of ether oxygens (including phenoxy) is 2. The van der Waals surface area contributed by atoms with Gasteiger partial charge in [0.2, 0.25) is 5.96 Å². The van der Waals surface area contributed by atoms with Gasteiger partial charge in [-0.25, -0.2) is 9.59 Å². The summed E-state index contributed by atoms with van der Waals surface area (Å²) in [5.41, 5.74) is -1.61. The zero-order valence-corrected chi connectivity index (χ0v) is 16.7. The molecule has 0 atom stereocenters. The highest BCUT2D eigenvalue weighted by Crippen LogP contribution is 2.13. The van der Waals surface area contributed by atoms with Crippen LogP contribution in [0.3, 0.4) is 0 Å². The summed E-state index contributed by atoms with van der Waals surface area (Å²) in [5.74, 6) is -2.36. The number of guanidine groups is 1. The molecule has 0 rings (SSSR count). The maximum atomic E-state index is 12.1. The standard InChI is InChI=1S/C16H27F3N4O5/c1-14(2,3)27-12(25)22-11(23-13(26)28-15(4,5)6)21-9-7-8-20-10(24)16(17,18)19/h7-9H2,1-6H3,(H,20,24)(H2,21,22,23,25,26). The first-order valence-corrected chi connectivity index (χ1v) is 8.39. The highest BCUT2D eigenvalue weighted by molar-refractivity contribution is 6.01. The van der Waals surface area contributed by atoms with Gasteiger partial charge in [-0.1, -0.05) is 0 Å². The van der Waals surface area contributed by atoms with Gasteiger partial charge in [-0.2, -0.15) is 13.2 Å². The van der Waals surface area contributed by atoms with Crippen LogP contribution in [0.2, 0.25) is 0 Å². The first kappa shape index (κ1) is 25.5. The van der Waals surface area contributed by atoms with Crippen LogP contribution in [0.4, 0.5) is 22.8 Å². The van der Waals surface area contributed by atoms with Crippen LogP contribution in [0.25, 0.3) is 0 Å². The van der Waals surface area contributed by atoms with Crippen LogP contribution >= 0.6 is 0 Å². The van der Waals surface area contributed by atoms with Gasteiger partial charge >= 0.3 is 24.3 Å². The van der Waals surface area contributed by atoms with E-state index in [0.717, 1.165) is 0 Å². The zero-order chi connectivity index (χ0) is 22.2. The van der Waals surface area contributed by atoms with E-state index in [1.807, 2.05) is 0 Å². The molecule has 0 saturated heterocycles. The molecule has 12 heteroatoms. The van der Waals surface area contributed by atoms with Gasteiger partial charge in [0.25, 0.3) is 0 Å². The number of amides is 3. The third kappa shape index (κ3) is 13.6. The van der Waals surface area contributed by atoms with Gasteiger partial charge in [0, 0.05) is 13.1 Å². The normalized spacial score (nSPS) is 11.9. The van der Waals surface area contributed by atoms with Gasteiger partial charge in [-0.15, -0.1) is 0 Å². The molecule has 0 aromatic carbocycles. The molecule has 0 saturated carbocycles. The predicted octanol–water partition coefficient (Wildman–Crippen LogP) is 2.46. The first-order chi connectivity index (χ1) is 12.5. The monoisotopic (exact) mass is 412 g/mol. The third-order valence-corrected chi connectivity index (χ3v) is 2.39. The van der Waals surface area contributed by atoms with E-state index < -0.39 is 35.5 Å². The summed E-state index contributed by atoms with van der Waals surface area (Å²) in [5, 5.41) is 6.13. The molecule has 0 unspecified atom stereocenters. The Bertz CT molecular complexity index is 561. The van der Waals surface area contributed by atoms with Gasteiger partial charge < -0.3 is 14.8 Å². The van der Waals surface area contributed by atoms with Crippen molar-refractivity contribution in [1.82, 2.24) is 16.0 Å². The quantitative estimate of drug-likeness (QED) is 0.372. The molecular weight excluding hydrogens is 385 g/mol. The van der Waals surface area contributed by atoms with Crippen molar-refractivity contribution in [2.45, 2.75) is 65.3 Å². The van der Waals surface area contributed by atoms with Crippen LogP contribution in [0.5, 0.6) is 0 Å². The molecule has 0 aliphatic carbocycles. The molecule has 0 aromatic heterocycles. The van der Waals surface area contributed by atoms with E-state index >= 15 is 0 Å². The van der Waals surface area contributed by atoms with Crippen molar-refractivity contribution in [1.29, 1.82) is 0 Å². The number of hydrogen-bond acceptors (Lipinski definition) is 6. The number of nitrogens with zero attached hydrogens (tertiary/aromatic N) is 1. The molecule has 3 amide bonds. The number of alkyl halides is 3. The van der Waals surface area contributed by atoms with Crippen molar-refractivity contribution >= 4 is 24.1 Å². The van der Waals surface area contributed by atoms with Gasteiger partial charge in [-0.05, 0) is 48.0 Å². The maximum Gasteiger partial charge on any atom is 0.471 e. The molecule has 3 N–H and O–H groups in total. The molecule has 0 aliphatic heterocycles. The summed E-state index contributed by atoms with van der Waals surface area (Å²) >= 11 is 0. The number of hydrogen-bond donors (Lipinski definition) is 3. The number of carbonyl (C=O) groups is 3. The number of aliphatic imine (C=N–C) groups is 1. The number of alkyl carbamates (subject to hydrolysis) is 2. The highest BCUT2D eigenvalue weighted by Gasteiger charge is 2.38. The molecule has 28 heavy (non-hydrogen) atoms. The highest BCUT2D eigenvalue weighted by atomic mass is 19.4. The first-order valence-electron chi connectivity index (χ1n) is 8.39. The number of nitrogens with one attached hydrogen (secondary N) is 3. The Morgan fingerprint density at radius 3 is 1.64 bits per heavy atom. The summed E-state index contributed by atoms with van der Waals surface area (Å²) in [6.45, 7) is 9.40. The molecule has 0 bridgehead atoms. The average Bonchev–Trinajstić information content (AvgIpc) is 2.40. The Morgan fingerprint density at radius 1 is 0.857 bits per heavy atom. The lowest BCUT2D eigenvalue weighted by Crippen LogP contribution is -2.47. The fraction of sp³-hybridized carbons (Fsp3) is 0.750. The lowest BCUT2D eigenvalue weighted by Gasteiger charge is -2.22. The van der Waals surface area contributed by atoms with Crippen molar-refractivity contribution in [3.05, 3.63) is 0 Å². The van der Waals surface area contributed by atoms with Crippen LogP contribution in [0.1, 0.15) is 48.0 Å². The number of halogens is 3. The van der Waals surface area contributed by atoms with Crippen molar-refractivity contribution in [3.8, 4) is 0 Å². The van der Waals surface area contributed by atoms with E-state index in [1.54, 1.807) is 46.9 Å². The van der Waals surface area contributed by atoms with Gasteiger partial charge in [0.05, 0.1) is 0 Å². The van der Waals surface area contributed by atoms with E-state index in [4.69, 9.17) is 9.47 Å². The smallest absolute Gasteiger partial charge is 0.444 e. The van der Waals surface area contributed by atoms with E-state index in [1.165, 1.54) is 0 Å². The summed E-state index contributed by atoms with van der Waals surface area (Å²) in [6, 6.07) is 0. The van der Waals surface area contributed by atoms with Crippen LogP contribution in [-0.2, 0) is 14.3 Å². The fourth-order valence-electron chi connectivity index (χ4n) is 1.48. The lowest BCUT2D eigenvalue weighted by molar-refractivity contribution is -0.173. The molecule has 0 radical (unpaired) electrons. The molecule has 9 nitrogen and oxygen atoms in total. The third-order valence-electron chi connectivity index (χ3n) is 2.39. The van der Waals surface area contributed by atoms with Crippen molar-refractivity contribution in [2.75, 3.05) is 13.1 Å². The van der Waals surface area contributed by atoms with E-state index in [9.17, 15) is 27.6 Å². The topological polar surface area (TPSA) is 118 Å². The second kappa shape index (κ2) is 10.1. The van der Waals surface area contributed by atoms with Crippen LogP contribution in [-0.4, -0.2) is 54.5 Å². The summed E-state index contributed by atoms with van der Waals surface area (Å²) in [7, 11) is 0. The van der Waals surface area contributed by atoms with Crippen LogP contribution < -0.4 is 16.0 Å². The minimum absolute atomic E-state index is 0.0251. The summed E-state index contributed by atoms with van der Waals surface area (Å²) < 4.78 is 46.3. The Kier molecular flexibility index (Phi) is 9.22. The number of carbonyl (C=O) groups excluding carboxylic acids is 3. The minimum atomic E-state index is -4.97. The Labute approximate surface area is 161 Å². The lowest BCUT2D eigenvalue weighted by atomic mass is 10.2. The van der Waals surface area contributed by atoms with Crippen molar-refractivity contribution in [3.63, 3.8) is 0 Å². The van der Waals surface area contributed by atoms with Crippen molar-refractivity contribution in [2.24, 2.45) is 4.99 Å². The molecule has 0 heterocycles. The van der Waals surface area contributed by atoms with Crippen LogP contribution in [0, 0.1) is 0 Å². The molecule has 0 aliphatic rings. The number of rotatable bonds is 4. The molecule has 0 spiro atoms. The second-order valence-corrected chi connectivity index (χ2v) is 7.59. The Balaban J connectivity index is 4.82. The summed E-state index contributed by atoms with van der Waals surface area (Å²) in [6.07, 6.45) is -6.73. The molecule has 0 fully saturated rings. The van der Waals surface area contributed by atoms with Gasteiger partial charge in [0.1, 0.15) is 11.2 Å². The minimum Gasteiger partial charge on any atom is -0.444 e. The largest absolute Gasteiger partial charge is 0.471 e. The zero-order valence-electron chi connectivity index (χ0n) is 16.7. The Hall–Kier alpha value is -2.53. The van der Waals surface area contributed by atoms with Gasteiger partial charge in [0.15, 0.2) is 0 Å². The van der Waals surface area contributed by atoms with Crippen molar-refractivity contribution < 1.29 is 37.0 Å². The molecule has 162 valence electrons. The fourth-order valence-corrected chi connectivity index (χ4v) is 1.48.